The van der Waals surface area contributed by atoms with Crippen molar-refractivity contribution in [2.75, 3.05) is 13.2 Å². The van der Waals surface area contributed by atoms with Crippen molar-refractivity contribution in [3.8, 4) is 0 Å². The van der Waals surface area contributed by atoms with E-state index in [0.717, 1.165) is 38.5 Å². The summed E-state index contributed by atoms with van der Waals surface area (Å²) in [7, 11) is 0. The minimum absolute atomic E-state index is 0.0324. The molecule has 0 aromatic rings. The third-order valence-electron chi connectivity index (χ3n) is 9.87. The molecule has 1 rings (SSSR count). The molecule has 1 fully saturated rings. The lowest BCUT2D eigenvalue weighted by molar-refractivity contribution is -0.161. The normalized spacial score (nSPS) is 19.1. The molecule has 0 saturated heterocycles. The van der Waals surface area contributed by atoms with Crippen LogP contribution in [0.2, 0.25) is 0 Å². The van der Waals surface area contributed by atoms with E-state index in [1.807, 2.05) is 12.2 Å². The van der Waals surface area contributed by atoms with Crippen LogP contribution >= 0.6 is 0 Å². The van der Waals surface area contributed by atoms with Crippen molar-refractivity contribution in [1.29, 1.82) is 0 Å². The number of hydrogen-bond acceptors (Lipinski definition) is 8. The molecule has 50 heavy (non-hydrogen) atoms. The van der Waals surface area contributed by atoms with Crippen LogP contribution in [0.15, 0.2) is 24.3 Å². The maximum atomic E-state index is 12.4. The van der Waals surface area contributed by atoms with E-state index >= 15 is 0 Å². The molecule has 5 atom stereocenters. The summed E-state index contributed by atoms with van der Waals surface area (Å²) in [4.78, 5) is 36.9. The van der Waals surface area contributed by atoms with E-state index in [4.69, 9.17) is 9.47 Å². The van der Waals surface area contributed by atoms with Crippen molar-refractivity contribution in [3.05, 3.63) is 24.3 Å². The van der Waals surface area contributed by atoms with Crippen molar-refractivity contribution in [2.24, 2.45) is 11.8 Å². The van der Waals surface area contributed by atoms with Crippen LogP contribution in [-0.2, 0) is 23.9 Å². The van der Waals surface area contributed by atoms with Crippen molar-refractivity contribution in [2.45, 2.75) is 199 Å². The summed E-state index contributed by atoms with van der Waals surface area (Å²) in [5.74, 6) is -1.37. The summed E-state index contributed by atoms with van der Waals surface area (Å²) >= 11 is 0. The zero-order valence-corrected chi connectivity index (χ0v) is 31.9. The van der Waals surface area contributed by atoms with E-state index in [9.17, 15) is 29.7 Å². The third-order valence-corrected chi connectivity index (χ3v) is 9.87. The molecule has 1 aliphatic carbocycles. The lowest BCUT2D eigenvalue weighted by Gasteiger charge is -2.16. The Morgan fingerprint density at radius 2 is 1.30 bits per heavy atom. The molecule has 8 nitrogen and oxygen atoms in total. The van der Waals surface area contributed by atoms with Gasteiger partial charge in [0.25, 0.3) is 0 Å². The first kappa shape index (κ1) is 46.0. The number of Topliss-reactive ketones (excluding diaryl/α,β-unsaturated/α-hetero) is 1. The Kier molecular flexibility index (Phi) is 29.1. The highest BCUT2D eigenvalue weighted by Gasteiger charge is 2.39. The van der Waals surface area contributed by atoms with Crippen LogP contribution < -0.4 is 0 Å². The molecule has 1 aliphatic rings. The lowest BCUT2D eigenvalue weighted by atomic mass is 9.90. The second-order valence-corrected chi connectivity index (χ2v) is 14.5. The van der Waals surface area contributed by atoms with Gasteiger partial charge in [0.2, 0.25) is 0 Å². The van der Waals surface area contributed by atoms with E-state index in [-0.39, 0.29) is 43.0 Å². The zero-order chi connectivity index (χ0) is 36.7. The number of hydrogen-bond donors (Lipinski definition) is 3. The van der Waals surface area contributed by atoms with Crippen molar-refractivity contribution >= 4 is 17.7 Å². The first-order valence-electron chi connectivity index (χ1n) is 20.5. The van der Waals surface area contributed by atoms with Gasteiger partial charge in [0, 0.05) is 31.1 Å². The average molecular weight is 707 g/mol. The van der Waals surface area contributed by atoms with Gasteiger partial charge >= 0.3 is 11.9 Å². The first-order chi connectivity index (χ1) is 24.3. The summed E-state index contributed by atoms with van der Waals surface area (Å²) in [5.41, 5.74) is 0. The number of allylic oxidation sites excluding steroid dienone is 2. The fourth-order valence-electron chi connectivity index (χ4n) is 6.65. The van der Waals surface area contributed by atoms with E-state index < -0.39 is 30.9 Å². The third kappa shape index (κ3) is 24.2. The minimum Gasteiger partial charge on any atom is -0.462 e. The highest BCUT2D eigenvalue weighted by Crippen LogP contribution is 2.33. The Hall–Kier alpha value is -2.03. The van der Waals surface area contributed by atoms with E-state index in [1.165, 1.54) is 83.5 Å². The monoisotopic (exact) mass is 707 g/mol. The van der Waals surface area contributed by atoms with E-state index in [1.54, 1.807) is 12.2 Å². The quantitative estimate of drug-likeness (QED) is 0.0350. The van der Waals surface area contributed by atoms with Gasteiger partial charge in [-0.2, -0.15) is 0 Å². The number of unbranched alkanes of at least 4 members (excludes halogenated alkanes) is 18. The molecule has 0 heterocycles. The Labute approximate surface area is 304 Å². The molecule has 0 aromatic carbocycles. The molecule has 0 amide bonds. The molecule has 0 spiro atoms. The molecule has 8 heteroatoms. The first-order valence-corrected chi connectivity index (χ1v) is 20.5. The number of aliphatic hydroxyl groups excluding tert-OH is 3. The number of carbonyl (C=O) groups is 3. The predicted molar refractivity (Wildman–Crippen MR) is 202 cm³/mol. The number of ether oxygens (including phenoxy) is 2. The second kappa shape index (κ2) is 31.7. The molecule has 0 radical (unpaired) electrons. The molecule has 290 valence electrons. The molecule has 0 aliphatic heterocycles. The van der Waals surface area contributed by atoms with Gasteiger partial charge in [0.15, 0.2) is 6.10 Å². The van der Waals surface area contributed by atoms with Gasteiger partial charge in [0.1, 0.15) is 12.4 Å². The van der Waals surface area contributed by atoms with Crippen LogP contribution in [0.3, 0.4) is 0 Å². The fraction of sp³-hybridized carbons (Fsp3) is 0.833. The van der Waals surface area contributed by atoms with Crippen molar-refractivity contribution in [1.82, 2.24) is 0 Å². The van der Waals surface area contributed by atoms with Gasteiger partial charge in [-0.15, -0.1) is 0 Å². The van der Waals surface area contributed by atoms with Gasteiger partial charge in [-0.3, -0.25) is 14.4 Å². The Morgan fingerprint density at radius 3 is 1.88 bits per heavy atom. The van der Waals surface area contributed by atoms with Crippen molar-refractivity contribution in [3.63, 3.8) is 0 Å². The Bertz CT molecular complexity index is 915. The molecular formula is C42H74O8. The number of ketones is 1. The van der Waals surface area contributed by atoms with Crippen LogP contribution in [0.25, 0.3) is 0 Å². The van der Waals surface area contributed by atoms with Gasteiger partial charge in [-0.05, 0) is 32.1 Å². The number of rotatable bonds is 33. The molecular weight excluding hydrogens is 632 g/mol. The smallest absolute Gasteiger partial charge is 0.306 e. The molecule has 0 unspecified atom stereocenters. The maximum Gasteiger partial charge on any atom is 0.306 e. The Balaban J connectivity index is 2.09. The van der Waals surface area contributed by atoms with Crippen LogP contribution in [-0.4, -0.2) is 64.6 Å². The number of aliphatic hydroxyl groups is 3. The SMILES string of the molecule is CCCCCCCCCCCCCCCCCCC(=O)O[C@@H](CO)COC(=O)CCC/C=C\C[C@H]1C(=O)C[C@@H](O)[C@@H]1/C=C/[C@@H](O)CCCCC. The highest BCUT2D eigenvalue weighted by atomic mass is 16.6. The fourth-order valence-corrected chi connectivity index (χ4v) is 6.65. The second-order valence-electron chi connectivity index (χ2n) is 14.5. The lowest BCUT2D eigenvalue weighted by Crippen LogP contribution is -2.28. The van der Waals surface area contributed by atoms with E-state index in [0.29, 0.717) is 32.1 Å². The molecule has 0 aromatic heterocycles. The van der Waals surface area contributed by atoms with Gasteiger partial charge in [0.05, 0.1) is 18.8 Å². The van der Waals surface area contributed by atoms with Crippen LogP contribution in [0.4, 0.5) is 0 Å². The average Bonchev–Trinajstić information content (AvgIpc) is 3.37. The summed E-state index contributed by atoms with van der Waals surface area (Å²) in [6.07, 6.45) is 31.7. The van der Waals surface area contributed by atoms with Crippen LogP contribution in [0.1, 0.15) is 181 Å². The molecule has 0 bridgehead atoms. The largest absolute Gasteiger partial charge is 0.462 e. The molecule has 1 saturated carbocycles. The van der Waals surface area contributed by atoms with Crippen LogP contribution in [0.5, 0.6) is 0 Å². The van der Waals surface area contributed by atoms with Gasteiger partial charge in [-0.1, -0.05) is 154 Å². The van der Waals surface area contributed by atoms with E-state index in [2.05, 4.69) is 13.8 Å². The Morgan fingerprint density at radius 1 is 0.760 bits per heavy atom. The number of esters is 2. The summed E-state index contributed by atoms with van der Waals surface area (Å²) in [6, 6.07) is 0. The zero-order valence-electron chi connectivity index (χ0n) is 31.9. The van der Waals surface area contributed by atoms with Gasteiger partial charge in [-0.25, -0.2) is 0 Å². The van der Waals surface area contributed by atoms with Gasteiger partial charge < -0.3 is 24.8 Å². The maximum absolute atomic E-state index is 12.4. The summed E-state index contributed by atoms with van der Waals surface area (Å²) in [6.45, 7) is 3.81. The predicted octanol–water partition coefficient (Wildman–Crippen LogP) is 9.27. The summed E-state index contributed by atoms with van der Waals surface area (Å²) < 4.78 is 10.6. The van der Waals surface area contributed by atoms with Crippen molar-refractivity contribution < 1.29 is 39.2 Å². The van der Waals surface area contributed by atoms with Crippen LogP contribution in [0, 0.1) is 11.8 Å². The standard InChI is InChI=1S/C42H74O8/c1-3-5-7-8-9-10-11-12-13-14-15-16-17-18-19-25-29-42(48)50-36(33-43)34-49-41(47)28-24-21-20-23-27-37-38(40(46)32-39(37)45)31-30-35(44)26-22-6-4-2/h20,23,30-31,35-38,40,43-44,46H,3-19,21-22,24-29,32-34H2,1-2H3/b23-20-,31-30+/t35-,36-,37+,38+,40+/m0/s1. The summed E-state index contributed by atoms with van der Waals surface area (Å²) in [5, 5.41) is 30.1. The number of carbonyl (C=O) groups excluding carboxylic acids is 3. The highest BCUT2D eigenvalue weighted by molar-refractivity contribution is 5.84. The minimum atomic E-state index is -0.855. The molecule has 3 N–H and O–H groups in total. The topological polar surface area (TPSA) is 130 Å².